The molecule has 0 heterocycles. The van der Waals surface area contributed by atoms with Gasteiger partial charge in [-0.15, -0.1) is 0 Å². The molecule has 0 saturated carbocycles. The average molecular weight is 295 g/mol. The van der Waals surface area contributed by atoms with Crippen molar-refractivity contribution < 1.29 is 14.3 Å². The molecule has 2 aromatic rings. The molecule has 0 unspecified atom stereocenters. The first-order valence-electron chi connectivity index (χ1n) is 6.82. The van der Waals surface area contributed by atoms with Gasteiger partial charge in [0.25, 0.3) is 0 Å². The molecule has 112 valence electrons. The highest BCUT2D eigenvalue weighted by atomic mass is 16.5. The first-order chi connectivity index (χ1) is 10.6. The van der Waals surface area contributed by atoms with E-state index in [4.69, 9.17) is 4.74 Å². The highest BCUT2D eigenvalue weighted by Crippen LogP contribution is 2.14. The van der Waals surface area contributed by atoms with Crippen LogP contribution in [0.5, 0.6) is 5.75 Å². The smallest absolute Gasteiger partial charge is 0.248 e. The van der Waals surface area contributed by atoms with Gasteiger partial charge in [0.2, 0.25) is 5.91 Å². The van der Waals surface area contributed by atoms with Crippen LogP contribution in [0, 0.1) is 0 Å². The van der Waals surface area contributed by atoms with E-state index in [2.05, 4.69) is 5.32 Å². The van der Waals surface area contributed by atoms with Crippen molar-refractivity contribution in [1.82, 2.24) is 0 Å². The van der Waals surface area contributed by atoms with E-state index in [1.54, 1.807) is 37.5 Å². The highest BCUT2D eigenvalue weighted by molar-refractivity contribution is 6.03. The molecule has 2 rings (SSSR count). The summed E-state index contributed by atoms with van der Waals surface area (Å²) in [5.74, 6) is 0.434. The maximum atomic E-state index is 11.9. The van der Waals surface area contributed by atoms with Crippen LogP contribution in [0.2, 0.25) is 0 Å². The van der Waals surface area contributed by atoms with Crippen LogP contribution in [0.3, 0.4) is 0 Å². The van der Waals surface area contributed by atoms with Crippen molar-refractivity contribution in [3.05, 3.63) is 65.7 Å². The zero-order chi connectivity index (χ0) is 15.9. The van der Waals surface area contributed by atoms with Gasteiger partial charge < -0.3 is 10.1 Å². The second kappa shape index (κ2) is 7.22. The number of Topliss-reactive ketones (excluding diaryl/α,β-unsaturated/α-hetero) is 1. The molecule has 1 amide bonds. The number of nitrogens with one attached hydrogen (secondary N) is 1. The largest absolute Gasteiger partial charge is 0.497 e. The van der Waals surface area contributed by atoms with Crippen molar-refractivity contribution in [2.24, 2.45) is 0 Å². The van der Waals surface area contributed by atoms with Crippen LogP contribution in [0.1, 0.15) is 22.8 Å². The Bertz CT molecular complexity index is 720. The van der Waals surface area contributed by atoms with Gasteiger partial charge in [-0.3, -0.25) is 9.59 Å². The zero-order valence-corrected chi connectivity index (χ0v) is 12.5. The minimum Gasteiger partial charge on any atom is -0.497 e. The summed E-state index contributed by atoms with van der Waals surface area (Å²) in [5.41, 5.74) is 2.02. The Labute approximate surface area is 129 Å². The summed E-state index contributed by atoms with van der Waals surface area (Å²) >= 11 is 0. The number of hydrogen-bond acceptors (Lipinski definition) is 3. The number of ether oxygens (including phenoxy) is 1. The Morgan fingerprint density at radius 1 is 1.09 bits per heavy atom. The van der Waals surface area contributed by atoms with Crippen LogP contribution in [0.15, 0.2) is 54.6 Å². The minimum atomic E-state index is -0.261. The molecule has 0 aliphatic rings. The summed E-state index contributed by atoms with van der Waals surface area (Å²) in [5, 5.41) is 2.73. The second-order valence-electron chi connectivity index (χ2n) is 4.74. The molecule has 0 atom stereocenters. The molecule has 4 nitrogen and oxygen atoms in total. The molecule has 0 bridgehead atoms. The number of carbonyl (C=O) groups is 2. The maximum Gasteiger partial charge on any atom is 0.248 e. The summed E-state index contributed by atoms with van der Waals surface area (Å²) in [7, 11) is 1.59. The van der Waals surface area contributed by atoms with Crippen LogP contribution in [0.25, 0.3) is 6.08 Å². The first kappa shape index (κ1) is 15.5. The number of carbonyl (C=O) groups excluding carboxylic acids is 2. The van der Waals surface area contributed by atoms with E-state index in [1.807, 2.05) is 24.3 Å². The van der Waals surface area contributed by atoms with E-state index in [0.717, 1.165) is 11.3 Å². The van der Waals surface area contributed by atoms with Gasteiger partial charge in [0.05, 0.1) is 7.11 Å². The number of amides is 1. The van der Waals surface area contributed by atoms with Crippen molar-refractivity contribution in [2.75, 3.05) is 12.4 Å². The average Bonchev–Trinajstić information content (AvgIpc) is 2.53. The predicted octanol–water partition coefficient (Wildman–Crippen LogP) is 3.55. The predicted molar refractivity (Wildman–Crippen MR) is 87.1 cm³/mol. The minimum absolute atomic E-state index is 0.0389. The van der Waals surface area contributed by atoms with E-state index in [9.17, 15) is 9.59 Å². The lowest BCUT2D eigenvalue weighted by Gasteiger charge is -2.04. The summed E-state index contributed by atoms with van der Waals surface area (Å²) in [6, 6.07) is 14.2. The number of benzene rings is 2. The molecule has 0 radical (unpaired) electrons. The number of hydrogen-bond donors (Lipinski definition) is 1. The van der Waals surface area contributed by atoms with Gasteiger partial charge in [-0.05, 0) is 42.8 Å². The number of methoxy groups -OCH3 is 1. The Hall–Kier alpha value is -2.88. The van der Waals surface area contributed by atoms with Gasteiger partial charge in [0, 0.05) is 17.3 Å². The number of ketones is 1. The molecule has 2 aromatic carbocycles. The molecule has 0 aromatic heterocycles. The van der Waals surface area contributed by atoms with Gasteiger partial charge in [-0.25, -0.2) is 0 Å². The van der Waals surface area contributed by atoms with Crippen LogP contribution in [-0.2, 0) is 4.79 Å². The quantitative estimate of drug-likeness (QED) is 0.678. The molecule has 22 heavy (non-hydrogen) atoms. The standard InChI is InChI=1S/C18H17NO3/c1-13(20)15-6-4-7-16(12-15)19-18(21)10-9-14-5-3-8-17(11-14)22-2/h3-12H,1-2H3,(H,19,21). The van der Waals surface area contributed by atoms with Gasteiger partial charge in [0.15, 0.2) is 5.78 Å². The van der Waals surface area contributed by atoms with Crippen LogP contribution in [-0.4, -0.2) is 18.8 Å². The third kappa shape index (κ3) is 4.31. The Morgan fingerprint density at radius 3 is 2.59 bits per heavy atom. The van der Waals surface area contributed by atoms with Gasteiger partial charge in [0.1, 0.15) is 5.75 Å². The molecule has 0 fully saturated rings. The fourth-order valence-electron chi connectivity index (χ4n) is 1.92. The molecule has 0 spiro atoms. The molecule has 4 heteroatoms. The summed E-state index contributed by atoms with van der Waals surface area (Å²) in [4.78, 5) is 23.2. The van der Waals surface area contributed by atoms with Gasteiger partial charge in [-0.1, -0.05) is 24.3 Å². The van der Waals surface area contributed by atoms with Crippen LogP contribution < -0.4 is 10.1 Å². The Morgan fingerprint density at radius 2 is 1.86 bits per heavy atom. The van der Waals surface area contributed by atoms with E-state index in [0.29, 0.717) is 11.3 Å². The third-order valence-electron chi connectivity index (χ3n) is 3.06. The molecule has 0 aliphatic heterocycles. The molecular formula is C18H17NO3. The Balaban J connectivity index is 2.04. The normalized spacial score (nSPS) is 10.5. The summed E-state index contributed by atoms with van der Waals surface area (Å²) in [6.45, 7) is 1.49. The summed E-state index contributed by atoms with van der Waals surface area (Å²) < 4.78 is 5.13. The van der Waals surface area contributed by atoms with E-state index >= 15 is 0 Å². The molecule has 0 saturated heterocycles. The molecular weight excluding hydrogens is 278 g/mol. The molecule has 1 N–H and O–H groups in total. The topological polar surface area (TPSA) is 55.4 Å². The second-order valence-corrected chi connectivity index (χ2v) is 4.74. The Kier molecular flexibility index (Phi) is 5.09. The fraction of sp³-hybridized carbons (Fsp3) is 0.111. The van der Waals surface area contributed by atoms with Crippen LogP contribution >= 0.6 is 0 Å². The lowest BCUT2D eigenvalue weighted by Crippen LogP contribution is -2.08. The summed E-state index contributed by atoms with van der Waals surface area (Å²) in [6.07, 6.45) is 3.14. The van der Waals surface area contributed by atoms with Crippen molar-refractivity contribution in [3.8, 4) is 5.75 Å². The van der Waals surface area contributed by atoms with Crippen molar-refractivity contribution in [1.29, 1.82) is 0 Å². The fourth-order valence-corrected chi connectivity index (χ4v) is 1.92. The van der Waals surface area contributed by atoms with Crippen molar-refractivity contribution in [2.45, 2.75) is 6.92 Å². The van der Waals surface area contributed by atoms with E-state index in [-0.39, 0.29) is 11.7 Å². The SMILES string of the molecule is COc1cccc(C=CC(=O)Nc2cccc(C(C)=O)c2)c1. The van der Waals surface area contributed by atoms with Crippen LogP contribution in [0.4, 0.5) is 5.69 Å². The number of anilines is 1. The lowest BCUT2D eigenvalue weighted by atomic mass is 10.1. The first-order valence-corrected chi connectivity index (χ1v) is 6.82. The van der Waals surface area contributed by atoms with Gasteiger partial charge in [-0.2, -0.15) is 0 Å². The zero-order valence-electron chi connectivity index (χ0n) is 12.5. The van der Waals surface area contributed by atoms with Crippen molar-refractivity contribution in [3.63, 3.8) is 0 Å². The number of rotatable bonds is 5. The molecule has 0 aliphatic carbocycles. The highest BCUT2D eigenvalue weighted by Gasteiger charge is 2.02. The van der Waals surface area contributed by atoms with Gasteiger partial charge >= 0.3 is 0 Å². The van der Waals surface area contributed by atoms with Crippen molar-refractivity contribution >= 4 is 23.5 Å². The third-order valence-corrected chi connectivity index (χ3v) is 3.06. The van der Waals surface area contributed by atoms with E-state index < -0.39 is 0 Å². The van der Waals surface area contributed by atoms with E-state index in [1.165, 1.54) is 13.0 Å². The monoisotopic (exact) mass is 295 g/mol. The lowest BCUT2D eigenvalue weighted by molar-refractivity contribution is -0.111. The maximum absolute atomic E-state index is 11.9.